The van der Waals surface area contributed by atoms with Crippen LogP contribution in [0, 0.1) is 0 Å². The van der Waals surface area contributed by atoms with E-state index in [1.54, 1.807) is 11.3 Å². The second-order valence-electron chi connectivity index (χ2n) is 4.62. The quantitative estimate of drug-likeness (QED) is 0.879. The van der Waals surface area contributed by atoms with Crippen LogP contribution in [0.5, 0.6) is 0 Å². The van der Waals surface area contributed by atoms with Crippen molar-refractivity contribution >= 4 is 39.2 Å². The minimum Gasteiger partial charge on any atom is -0.340 e. The van der Waals surface area contributed by atoms with Crippen molar-refractivity contribution < 1.29 is 4.79 Å². The maximum atomic E-state index is 12.0. The van der Waals surface area contributed by atoms with E-state index in [1.165, 1.54) is 16.5 Å². The van der Waals surface area contributed by atoms with Gasteiger partial charge in [-0.05, 0) is 18.6 Å². The number of rotatable bonds is 3. The van der Waals surface area contributed by atoms with Gasteiger partial charge in [0.15, 0.2) is 4.34 Å². The Morgan fingerprint density at radius 2 is 2.37 bits per heavy atom. The molecule has 2 heterocycles. The van der Waals surface area contributed by atoms with E-state index in [-0.39, 0.29) is 11.9 Å². The average Bonchev–Trinajstić information content (AvgIpc) is 3.01. The monoisotopic (exact) mass is 293 g/mol. The van der Waals surface area contributed by atoms with Gasteiger partial charge in [0.2, 0.25) is 5.91 Å². The van der Waals surface area contributed by atoms with Gasteiger partial charge in [-0.25, -0.2) is 4.98 Å². The highest BCUT2D eigenvalue weighted by Crippen LogP contribution is 2.29. The molecular weight excluding hydrogens is 278 g/mol. The number of thiazole rings is 1. The van der Waals surface area contributed by atoms with Crippen molar-refractivity contribution in [3.63, 3.8) is 0 Å². The first-order valence-electron chi connectivity index (χ1n) is 6.24. The molecule has 2 N–H and O–H groups in total. The zero-order valence-corrected chi connectivity index (χ0v) is 12.0. The molecule has 0 saturated carbocycles. The lowest BCUT2D eigenvalue weighted by atomic mass is 10.3. The van der Waals surface area contributed by atoms with Crippen LogP contribution in [-0.4, -0.2) is 40.7 Å². The molecule has 6 heteroatoms. The lowest BCUT2D eigenvalue weighted by Gasteiger charge is -2.14. The number of para-hydroxylation sites is 1. The van der Waals surface area contributed by atoms with Crippen LogP contribution < -0.4 is 5.73 Å². The van der Waals surface area contributed by atoms with Gasteiger partial charge in [-0.15, -0.1) is 11.3 Å². The molecule has 1 atom stereocenters. The average molecular weight is 293 g/mol. The van der Waals surface area contributed by atoms with Gasteiger partial charge in [0.1, 0.15) is 0 Å². The highest BCUT2D eigenvalue weighted by molar-refractivity contribution is 8.01. The number of carbonyl (C=O) groups excluding carboxylic acids is 1. The van der Waals surface area contributed by atoms with E-state index in [1.807, 2.05) is 23.1 Å². The lowest BCUT2D eigenvalue weighted by molar-refractivity contribution is -0.127. The second kappa shape index (κ2) is 5.48. The molecule has 1 aliphatic rings. The number of nitrogens with two attached hydrogens (primary N) is 1. The lowest BCUT2D eigenvalue weighted by Crippen LogP contribution is -2.33. The van der Waals surface area contributed by atoms with Crippen molar-refractivity contribution in [2.75, 3.05) is 18.8 Å². The van der Waals surface area contributed by atoms with Crippen LogP contribution in [0.1, 0.15) is 6.42 Å². The molecule has 1 aromatic carbocycles. The molecule has 0 bridgehead atoms. The van der Waals surface area contributed by atoms with Crippen LogP contribution in [0.15, 0.2) is 28.6 Å². The van der Waals surface area contributed by atoms with Gasteiger partial charge < -0.3 is 10.6 Å². The van der Waals surface area contributed by atoms with E-state index in [9.17, 15) is 4.79 Å². The van der Waals surface area contributed by atoms with Gasteiger partial charge in [-0.3, -0.25) is 4.79 Å². The van der Waals surface area contributed by atoms with Crippen molar-refractivity contribution in [2.24, 2.45) is 5.73 Å². The molecule has 1 aromatic heterocycles. The number of hydrogen-bond donors (Lipinski definition) is 1. The van der Waals surface area contributed by atoms with Crippen LogP contribution in [0.3, 0.4) is 0 Å². The minimum absolute atomic E-state index is 0.149. The van der Waals surface area contributed by atoms with Crippen LogP contribution in [0.25, 0.3) is 10.2 Å². The first kappa shape index (κ1) is 12.9. The summed E-state index contributed by atoms with van der Waals surface area (Å²) in [7, 11) is 0. The number of nitrogens with zero attached hydrogens (tertiary/aromatic N) is 2. The van der Waals surface area contributed by atoms with Crippen LogP contribution in [-0.2, 0) is 4.79 Å². The second-order valence-corrected chi connectivity index (χ2v) is 6.88. The molecule has 2 aromatic rings. The zero-order chi connectivity index (χ0) is 13.2. The number of hydrogen-bond acceptors (Lipinski definition) is 5. The smallest absolute Gasteiger partial charge is 0.233 e. The molecule has 0 aliphatic carbocycles. The number of aromatic nitrogens is 1. The SMILES string of the molecule is N[C@@H]1CCN(C(=O)CSc2nc3ccccc3s2)C1. The number of likely N-dealkylation sites (tertiary alicyclic amines) is 1. The molecule has 1 fully saturated rings. The molecule has 4 nitrogen and oxygen atoms in total. The normalized spacial score (nSPS) is 19.2. The third-order valence-electron chi connectivity index (χ3n) is 3.17. The highest BCUT2D eigenvalue weighted by Gasteiger charge is 2.23. The van der Waals surface area contributed by atoms with Gasteiger partial charge in [-0.1, -0.05) is 23.9 Å². The Labute approximate surface area is 120 Å². The van der Waals surface area contributed by atoms with Crippen molar-refractivity contribution in [3.8, 4) is 0 Å². The molecule has 100 valence electrons. The van der Waals surface area contributed by atoms with Crippen molar-refractivity contribution in [3.05, 3.63) is 24.3 Å². The molecule has 0 radical (unpaired) electrons. The van der Waals surface area contributed by atoms with E-state index in [4.69, 9.17) is 5.73 Å². The summed E-state index contributed by atoms with van der Waals surface area (Å²) in [5, 5.41) is 0. The van der Waals surface area contributed by atoms with Crippen LogP contribution in [0.4, 0.5) is 0 Å². The fraction of sp³-hybridized carbons (Fsp3) is 0.385. The number of benzene rings is 1. The number of carbonyl (C=O) groups is 1. The predicted octanol–water partition coefficient (Wildman–Crippen LogP) is 1.95. The summed E-state index contributed by atoms with van der Waals surface area (Å²) in [6, 6.07) is 8.19. The van der Waals surface area contributed by atoms with Crippen molar-refractivity contribution in [2.45, 2.75) is 16.8 Å². The predicted molar refractivity (Wildman–Crippen MR) is 79.5 cm³/mol. The number of fused-ring (bicyclic) bond motifs is 1. The zero-order valence-electron chi connectivity index (χ0n) is 10.4. The minimum atomic E-state index is 0.149. The van der Waals surface area contributed by atoms with Gasteiger partial charge in [-0.2, -0.15) is 0 Å². The highest BCUT2D eigenvalue weighted by atomic mass is 32.2. The Hall–Kier alpha value is -1.11. The standard InChI is InChI=1S/C13H15N3OS2/c14-9-5-6-16(7-9)12(17)8-18-13-15-10-3-1-2-4-11(10)19-13/h1-4,9H,5-8,14H2/t9-/m1/s1. The first-order chi connectivity index (χ1) is 9.22. The Balaban J connectivity index is 1.61. The molecule has 1 saturated heterocycles. The van der Waals surface area contributed by atoms with E-state index in [2.05, 4.69) is 11.1 Å². The van der Waals surface area contributed by atoms with Crippen LogP contribution >= 0.6 is 23.1 Å². The van der Waals surface area contributed by atoms with Crippen LogP contribution in [0.2, 0.25) is 0 Å². The summed E-state index contributed by atoms with van der Waals surface area (Å²) in [5.74, 6) is 0.615. The third kappa shape index (κ3) is 2.91. The molecule has 0 spiro atoms. The van der Waals surface area contributed by atoms with E-state index in [0.29, 0.717) is 12.3 Å². The maximum Gasteiger partial charge on any atom is 0.233 e. The summed E-state index contributed by atoms with van der Waals surface area (Å²) in [5.41, 5.74) is 6.82. The summed E-state index contributed by atoms with van der Waals surface area (Å²) >= 11 is 3.16. The van der Waals surface area contributed by atoms with Gasteiger partial charge in [0, 0.05) is 19.1 Å². The summed E-state index contributed by atoms with van der Waals surface area (Å²) in [4.78, 5) is 18.4. The summed E-state index contributed by atoms with van der Waals surface area (Å²) in [6.45, 7) is 1.49. The molecule has 3 rings (SSSR count). The number of amides is 1. The Morgan fingerprint density at radius 3 is 3.11 bits per heavy atom. The summed E-state index contributed by atoms with van der Waals surface area (Å²) < 4.78 is 2.12. The first-order valence-corrected chi connectivity index (χ1v) is 8.04. The topological polar surface area (TPSA) is 59.2 Å². The Kier molecular flexibility index (Phi) is 3.72. The fourth-order valence-corrected chi connectivity index (χ4v) is 4.11. The van der Waals surface area contributed by atoms with Crippen molar-refractivity contribution in [1.82, 2.24) is 9.88 Å². The largest absolute Gasteiger partial charge is 0.340 e. The third-order valence-corrected chi connectivity index (χ3v) is 5.33. The maximum absolute atomic E-state index is 12.0. The Morgan fingerprint density at radius 1 is 1.53 bits per heavy atom. The van der Waals surface area contributed by atoms with Gasteiger partial charge in [0.25, 0.3) is 0 Å². The van der Waals surface area contributed by atoms with Crippen molar-refractivity contribution in [1.29, 1.82) is 0 Å². The van der Waals surface area contributed by atoms with Gasteiger partial charge in [0.05, 0.1) is 16.0 Å². The Bertz CT molecular complexity index is 565. The summed E-state index contributed by atoms with van der Waals surface area (Å²) in [6.07, 6.45) is 0.914. The van der Waals surface area contributed by atoms with Gasteiger partial charge >= 0.3 is 0 Å². The van der Waals surface area contributed by atoms with E-state index < -0.39 is 0 Å². The molecule has 1 amide bonds. The van der Waals surface area contributed by atoms with E-state index in [0.717, 1.165) is 22.8 Å². The molecular formula is C13H15N3OS2. The number of thioether (sulfide) groups is 1. The van der Waals surface area contributed by atoms with E-state index >= 15 is 0 Å². The fourth-order valence-electron chi connectivity index (χ4n) is 2.14. The molecule has 19 heavy (non-hydrogen) atoms. The molecule has 0 unspecified atom stereocenters. The molecule has 1 aliphatic heterocycles.